The first kappa shape index (κ1) is 21.9. The van der Waals surface area contributed by atoms with E-state index in [4.69, 9.17) is 9.47 Å². The number of anilines is 1. The molecular formula is C22H26N2O5. The first-order chi connectivity index (χ1) is 13.9. The van der Waals surface area contributed by atoms with Crippen LogP contribution in [-0.2, 0) is 14.3 Å². The van der Waals surface area contributed by atoms with Gasteiger partial charge in [0.05, 0.1) is 13.0 Å². The summed E-state index contributed by atoms with van der Waals surface area (Å²) < 4.78 is 10.5. The summed E-state index contributed by atoms with van der Waals surface area (Å²) in [7, 11) is 0. The van der Waals surface area contributed by atoms with Crippen LogP contribution in [-0.4, -0.2) is 36.5 Å². The van der Waals surface area contributed by atoms with Gasteiger partial charge in [-0.1, -0.05) is 18.2 Å². The van der Waals surface area contributed by atoms with Gasteiger partial charge in [-0.05, 0) is 57.2 Å². The molecule has 2 aromatic carbocycles. The zero-order valence-corrected chi connectivity index (χ0v) is 16.8. The van der Waals surface area contributed by atoms with Crippen molar-refractivity contribution in [3.8, 4) is 5.75 Å². The van der Waals surface area contributed by atoms with Crippen molar-refractivity contribution >= 4 is 23.5 Å². The number of amides is 2. The van der Waals surface area contributed by atoms with E-state index in [1.165, 1.54) is 6.92 Å². The summed E-state index contributed by atoms with van der Waals surface area (Å²) in [5.41, 5.74) is 1.08. The van der Waals surface area contributed by atoms with E-state index >= 15 is 0 Å². The van der Waals surface area contributed by atoms with Gasteiger partial charge in [-0.3, -0.25) is 14.4 Å². The molecule has 0 radical (unpaired) electrons. The third-order valence-corrected chi connectivity index (χ3v) is 4.00. The summed E-state index contributed by atoms with van der Waals surface area (Å²) in [6.07, 6.45) is -1.01. The Morgan fingerprint density at radius 3 is 2.24 bits per heavy atom. The molecule has 0 aliphatic rings. The van der Waals surface area contributed by atoms with Crippen LogP contribution in [0.3, 0.4) is 0 Å². The quantitative estimate of drug-likeness (QED) is 0.633. The molecule has 0 aliphatic heterocycles. The number of ether oxygens (including phenoxy) is 2. The number of esters is 1. The van der Waals surface area contributed by atoms with Crippen LogP contribution < -0.4 is 15.4 Å². The van der Waals surface area contributed by atoms with Crippen LogP contribution in [0.15, 0.2) is 54.6 Å². The number of carbonyl (C=O) groups is 3. The fourth-order valence-corrected chi connectivity index (χ4v) is 2.54. The van der Waals surface area contributed by atoms with Crippen molar-refractivity contribution in [1.29, 1.82) is 0 Å². The molecule has 2 atom stereocenters. The summed E-state index contributed by atoms with van der Waals surface area (Å²) in [4.78, 5) is 36.4. The van der Waals surface area contributed by atoms with Crippen LogP contribution in [0, 0.1) is 0 Å². The molecule has 2 rings (SSSR count). The molecule has 0 saturated carbocycles. The Kier molecular flexibility index (Phi) is 8.21. The molecule has 2 amide bonds. The van der Waals surface area contributed by atoms with Gasteiger partial charge >= 0.3 is 5.97 Å². The third-order valence-electron chi connectivity index (χ3n) is 4.00. The SMILES string of the molecule is CCOc1ccc(NC(=O)C(C)OC(=O)CC(C)NC(=O)c2ccccc2)cc1. The van der Waals surface area contributed by atoms with Gasteiger partial charge in [0.25, 0.3) is 11.8 Å². The molecule has 154 valence electrons. The number of carbonyl (C=O) groups excluding carboxylic acids is 3. The Bertz CT molecular complexity index is 821. The predicted octanol–water partition coefficient (Wildman–Crippen LogP) is 3.16. The predicted molar refractivity (Wildman–Crippen MR) is 110 cm³/mol. The molecule has 0 heterocycles. The van der Waals surface area contributed by atoms with E-state index in [9.17, 15) is 14.4 Å². The monoisotopic (exact) mass is 398 g/mol. The van der Waals surface area contributed by atoms with Gasteiger partial charge in [-0.25, -0.2) is 0 Å². The molecule has 0 aromatic heterocycles. The minimum atomic E-state index is -0.967. The highest BCUT2D eigenvalue weighted by Crippen LogP contribution is 2.16. The zero-order valence-electron chi connectivity index (χ0n) is 16.8. The molecule has 2 aromatic rings. The largest absolute Gasteiger partial charge is 0.494 e. The van der Waals surface area contributed by atoms with Gasteiger partial charge in [0.15, 0.2) is 6.10 Å². The average molecular weight is 398 g/mol. The fraction of sp³-hybridized carbons (Fsp3) is 0.318. The van der Waals surface area contributed by atoms with Gasteiger partial charge in [0, 0.05) is 17.3 Å². The van der Waals surface area contributed by atoms with E-state index in [1.54, 1.807) is 55.5 Å². The number of rotatable bonds is 9. The Balaban J connectivity index is 1.78. The lowest BCUT2D eigenvalue weighted by molar-refractivity contribution is -0.153. The first-order valence-corrected chi connectivity index (χ1v) is 9.48. The molecule has 2 unspecified atom stereocenters. The average Bonchev–Trinajstić information content (AvgIpc) is 2.70. The molecular weight excluding hydrogens is 372 g/mol. The van der Waals surface area contributed by atoms with Crippen molar-refractivity contribution in [2.75, 3.05) is 11.9 Å². The van der Waals surface area contributed by atoms with Crippen LogP contribution in [0.2, 0.25) is 0 Å². The lowest BCUT2D eigenvalue weighted by Crippen LogP contribution is -2.36. The van der Waals surface area contributed by atoms with E-state index < -0.39 is 24.0 Å². The number of nitrogens with one attached hydrogen (secondary N) is 2. The summed E-state index contributed by atoms with van der Waals surface area (Å²) in [5, 5.41) is 5.41. The second-order valence-corrected chi connectivity index (χ2v) is 6.52. The van der Waals surface area contributed by atoms with Crippen LogP contribution in [0.4, 0.5) is 5.69 Å². The number of hydrogen-bond donors (Lipinski definition) is 2. The second-order valence-electron chi connectivity index (χ2n) is 6.52. The normalized spacial score (nSPS) is 12.4. The van der Waals surface area contributed by atoms with E-state index in [2.05, 4.69) is 10.6 Å². The third kappa shape index (κ3) is 7.29. The highest BCUT2D eigenvalue weighted by molar-refractivity contribution is 5.95. The van der Waals surface area contributed by atoms with Crippen LogP contribution in [0.1, 0.15) is 37.6 Å². The number of hydrogen-bond acceptors (Lipinski definition) is 5. The van der Waals surface area contributed by atoms with Crippen molar-refractivity contribution < 1.29 is 23.9 Å². The van der Waals surface area contributed by atoms with E-state index in [1.807, 2.05) is 13.0 Å². The molecule has 0 spiro atoms. The topological polar surface area (TPSA) is 93.7 Å². The Hall–Kier alpha value is -3.35. The molecule has 0 saturated heterocycles. The molecule has 0 bridgehead atoms. The maximum Gasteiger partial charge on any atom is 0.308 e. The van der Waals surface area contributed by atoms with E-state index in [0.29, 0.717) is 23.6 Å². The number of benzene rings is 2. The van der Waals surface area contributed by atoms with Gasteiger partial charge in [0.2, 0.25) is 0 Å². The zero-order chi connectivity index (χ0) is 21.2. The Morgan fingerprint density at radius 2 is 1.62 bits per heavy atom. The van der Waals surface area contributed by atoms with Crippen LogP contribution in [0.25, 0.3) is 0 Å². The molecule has 0 fully saturated rings. The van der Waals surface area contributed by atoms with Gasteiger partial charge in [-0.15, -0.1) is 0 Å². The standard InChI is InChI=1S/C22H26N2O5/c1-4-28-19-12-10-18(11-13-19)24-21(26)16(3)29-20(25)14-15(2)23-22(27)17-8-6-5-7-9-17/h5-13,15-16H,4,14H2,1-3H3,(H,23,27)(H,24,26). The fourth-order valence-electron chi connectivity index (χ4n) is 2.54. The highest BCUT2D eigenvalue weighted by Gasteiger charge is 2.20. The van der Waals surface area contributed by atoms with Crippen molar-refractivity contribution in [3.63, 3.8) is 0 Å². The minimum absolute atomic E-state index is 0.0424. The van der Waals surface area contributed by atoms with Crippen molar-refractivity contribution in [2.24, 2.45) is 0 Å². The Labute approximate surface area is 170 Å². The minimum Gasteiger partial charge on any atom is -0.494 e. The first-order valence-electron chi connectivity index (χ1n) is 9.48. The smallest absolute Gasteiger partial charge is 0.308 e. The van der Waals surface area contributed by atoms with Gasteiger partial charge in [-0.2, -0.15) is 0 Å². The molecule has 2 N–H and O–H groups in total. The summed E-state index contributed by atoms with van der Waals surface area (Å²) in [6.45, 7) is 5.64. The van der Waals surface area contributed by atoms with Crippen molar-refractivity contribution in [1.82, 2.24) is 5.32 Å². The van der Waals surface area contributed by atoms with Crippen LogP contribution in [0.5, 0.6) is 5.75 Å². The maximum absolute atomic E-state index is 12.2. The second kappa shape index (κ2) is 10.8. The maximum atomic E-state index is 12.2. The van der Waals surface area contributed by atoms with Gasteiger partial charge in [0.1, 0.15) is 5.75 Å². The van der Waals surface area contributed by atoms with Gasteiger partial charge < -0.3 is 20.1 Å². The molecule has 7 heteroatoms. The van der Waals surface area contributed by atoms with Crippen LogP contribution >= 0.6 is 0 Å². The highest BCUT2D eigenvalue weighted by atomic mass is 16.5. The molecule has 29 heavy (non-hydrogen) atoms. The van der Waals surface area contributed by atoms with Crippen molar-refractivity contribution in [2.45, 2.75) is 39.3 Å². The Morgan fingerprint density at radius 1 is 0.966 bits per heavy atom. The lowest BCUT2D eigenvalue weighted by atomic mass is 10.2. The molecule has 7 nitrogen and oxygen atoms in total. The van der Waals surface area contributed by atoms with Crippen molar-refractivity contribution in [3.05, 3.63) is 60.2 Å². The van der Waals surface area contributed by atoms with E-state index in [0.717, 1.165) is 0 Å². The lowest BCUT2D eigenvalue weighted by Gasteiger charge is -2.17. The summed E-state index contributed by atoms with van der Waals surface area (Å²) >= 11 is 0. The summed E-state index contributed by atoms with van der Waals surface area (Å²) in [5.74, 6) is -0.576. The molecule has 0 aliphatic carbocycles. The van der Waals surface area contributed by atoms with E-state index in [-0.39, 0.29) is 12.3 Å². The summed E-state index contributed by atoms with van der Waals surface area (Å²) in [6, 6.07) is 15.2.